The van der Waals surface area contributed by atoms with E-state index in [1.165, 1.54) is 16.1 Å². The van der Waals surface area contributed by atoms with E-state index in [0.29, 0.717) is 17.1 Å². The minimum Gasteiger partial charge on any atom is -0.445 e. The van der Waals surface area contributed by atoms with E-state index in [0.717, 1.165) is 48.6 Å². The molecule has 0 amide bonds. The number of rotatable bonds is 6. The van der Waals surface area contributed by atoms with Crippen molar-refractivity contribution in [3.05, 3.63) is 95.1 Å². The smallest absolute Gasteiger partial charge is 0.243 e. The molecule has 4 heterocycles. The summed E-state index contributed by atoms with van der Waals surface area (Å²) in [7, 11) is -1.59. The molecule has 4 aromatic rings. The molecule has 2 aromatic heterocycles. The molecule has 0 saturated carbocycles. The molecule has 9 nitrogen and oxygen atoms in total. The van der Waals surface area contributed by atoms with Gasteiger partial charge in [-0.25, -0.2) is 13.4 Å². The minimum absolute atomic E-state index is 0.204. The van der Waals surface area contributed by atoms with Crippen LogP contribution in [0, 0.1) is 6.92 Å². The maximum Gasteiger partial charge on any atom is 0.243 e. The van der Waals surface area contributed by atoms with Crippen molar-refractivity contribution >= 4 is 15.7 Å². The standard InChI is InChI=1S/C29H31N5O4S/c1-20-3-4-22(16-27(20)33-12-10-32(2)11-13-33)28(35)26-15-23-18-34(19-24(23)17-31-26)39(36,37)25-7-5-21(6-8-25)29-30-9-14-38-29/h3-9,14-17,28,35H,10-13,18-19H2,1-2H3/t28-/m0/s1. The van der Waals surface area contributed by atoms with Gasteiger partial charge in [0.15, 0.2) is 0 Å². The number of likely N-dealkylation sites (N-methyl/N-ethyl adjacent to an activating group) is 1. The zero-order chi connectivity index (χ0) is 27.1. The second kappa shape index (κ2) is 10.2. The molecule has 10 heteroatoms. The van der Waals surface area contributed by atoms with Crippen molar-refractivity contribution < 1.29 is 17.9 Å². The SMILES string of the molecule is Cc1ccc([C@H](O)c2cc3c(cn2)CN(S(=O)(=O)c2ccc(-c4ncco4)cc2)C3)cc1N1CCN(C)CC1. The predicted molar refractivity (Wildman–Crippen MR) is 148 cm³/mol. The Bertz CT molecular complexity index is 1580. The number of fused-ring (bicyclic) bond motifs is 1. The minimum atomic E-state index is -3.72. The lowest BCUT2D eigenvalue weighted by Gasteiger charge is -2.35. The highest BCUT2D eigenvalue weighted by Gasteiger charge is 2.32. The number of aryl methyl sites for hydroxylation is 1. The average molecular weight is 546 g/mol. The number of sulfonamides is 1. The summed E-state index contributed by atoms with van der Waals surface area (Å²) in [4.78, 5) is 13.5. The van der Waals surface area contributed by atoms with Gasteiger partial charge in [0.05, 0.1) is 16.8 Å². The molecular formula is C29H31N5O4S. The molecule has 0 bridgehead atoms. The molecule has 0 radical (unpaired) electrons. The lowest BCUT2D eigenvalue weighted by atomic mass is 10.0. The third-order valence-corrected chi connectivity index (χ3v) is 9.45. The summed E-state index contributed by atoms with van der Waals surface area (Å²) in [6, 6.07) is 14.4. The molecule has 1 atom stereocenters. The van der Waals surface area contributed by atoms with Gasteiger partial charge in [-0.2, -0.15) is 4.31 Å². The van der Waals surface area contributed by atoms with Gasteiger partial charge < -0.3 is 19.3 Å². The van der Waals surface area contributed by atoms with Gasteiger partial charge in [0.1, 0.15) is 12.4 Å². The normalized spacial score (nSPS) is 17.4. The van der Waals surface area contributed by atoms with Crippen LogP contribution in [0.3, 0.4) is 0 Å². The molecular weight excluding hydrogens is 514 g/mol. The van der Waals surface area contributed by atoms with E-state index in [4.69, 9.17) is 4.42 Å². The van der Waals surface area contributed by atoms with Crippen molar-refractivity contribution in [1.82, 2.24) is 19.2 Å². The number of nitrogens with zero attached hydrogens (tertiary/aromatic N) is 5. The Hall–Kier alpha value is -3.57. The molecule has 0 spiro atoms. The number of anilines is 1. The quantitative estimate of drug-likeness (QED) is 0.392. The number of aromatic nitrogens is 2. The maximum atomic E-state index is 13.4. The molecule has 0 aliphatic carbocycles. The Balaban J connectivity index is 1.20. The number of benzene rings is 2. The van der Waals surface area contributed by atoms with Gasteiger partial charge >= 0.3 is 0 Å². The molecule has 202 valence electrons. The van der Waals surface area contributed by atoms with E-state index in [2.05, 4.69) is 39.8 Å². The van der Waals surface area contributed by atoms with Crippen LogP contribution in [-0.2, 0) is 23.1 Å². The molecule has 0 unspecified atom stereocenters. The van der Waals surface area contributed by atoms with E-state index >= 15 is 0 Å². The van der Waals surface area contributed by atoms with Crippen LogP contribution in [0.1, 0.15) is 34.1 Å². The highest BCUT2D eigenvalue weighted by atomic mass is 32.2. The van der Waals surface area contributed by atoms with Gasteiger partial charge in [0.25, 0.3) is 0 Å². The first kappa shape index (κ1) is 25.7. The van der Waals surface area contributed by atoms with E-state index in [1.807, 2.05) is 18.2 Å². The van der Waals surface area contributed by atoms with Gasteiger partial charge in [0.2, 0.25) is 15.9 Å². The van der Waals surface area contributed by atoms with Crippen molar-refractivity contribution in [3.63, 3.8) is 0 Å². The monoisotopic (exact) mass is 545 g/mol. The van der Waals surface area contributed by atoms with Crippen LogP contribution in [0.5, 0.6) is 0 Å². The number of oxazole rings is 1. The third-order valence-electron chi connectivity index (χ3n) is 7.64. The summed E-state index contributed by atoms with van der Waals surface area (Å²) in [5.41, 5.74) is 5.99. The molecule has 2 aliphatic rings. The van der Waals surface area contributed by atoms with Crippen LogP contribution < -0.4 is 4.90 Å². The Morgan fingerprint density at radius 2 is 1.69 bits per heavy atom. The number of hydrogen-bond donors (Lipinski definition) is 1. The lowest BCUT2D eigenvalue weighted by Crippen LogP contribution is -2.44. The second-order valence-corrected chi connectivity index (χ2v) is 12.2. The first-order valence-corrected chi connectivity index (χ1v) is 14.4. The van der Waals surface area contributed by atoms with Crippen LogP contribution in [0.4, 0.5) is 5.69 Å². The van der Waals surface area contributed by atoms with Crippen molar-refractivity contribution in [3.8, 4) is 11.5 Å². The van der Waals surface area contributed by atoms with Crippen molar-refractivity contribution in [2.75, 3.05) is 38.1 Å². The average Bonchev–Trinajstić information content (AvgIpc) is 3.64. The largest absolute Gasteiger partial charge is 0.445 e. The highest BCUT2D eigenvalue weighted by molar-refractivity contribution is 7.89. The van der Waals surface area contributed by atoms with E-state index in [-0.39, 0.29) is 18.0 Å². The summed E-state index contributed by atoms with van der Waals surface area (Å²) >= 11 is 0. The van der Waals surface area contributed by atoms with Crippen LogP contribution >= 0.6 is 0 Å². The van der Waals surface area contributed by atoms with Crippen LogP contribution in [0.2, 0.25) is 0 Å². The third kappa shape index (κ3) is 4.96. The Labute approximate surface area is 228 Å². The number of piperazine rings is 1. The van der Waals surface area contributed by atoms with E-state index < -0.39 is 16.1 Å². The second-order valence-electron chi connectivity index (χ2n) is 10.3. The predicted octanol–water partition coefficient (Wildman–Crippen LogP) is 3.58. The molecule has 2 aliphatic heterocycles. The fourth-order valence-corrected chi connectivity index (χ4v) is 6.62. The molecule has 1 N–H and O–H groups in total. The van der Waals surface area contributed by atoms with Crippen molar-refractivity contribution in [2.45, 2.75) is 31.0 Å². The van der Waals surface area contributed by atoms with Crippen LogP contribution in [-0.4, -0.2) is 65.9 Å². The lowest BCUT2D eigenvalue weighted by molar-refractivity contribution is 0.215. The molecule has 1 saturated heterocycles. The fourth-order valence-electron chi connectivity index (χ4n) is 5.23. The Morgan fingerprint density at radius 3 is 2.41 bits per heavy atom. The molecule has 2 aromatic carbocycles. The van der Waals surface area contributed by atoms with Gasteiger partial charge in [-0.05, 0) is 72.6 Å². The molecule has 39 heavy (non-hydrogen) atoms. The first-order valence-electron chi connectivity index (χ1n) is 13.0. The van der Waals surface area contributed by atoms with Crippen LogP contribution in [0.25, 0.3) is 11.5 Å². The molecule has 6 rings (SSSR count). The Morgan fingerprint density at radius 1 is 0.949 bits per heavy atom. The van der Waals surface area contributed by atoms with Gasteiger partial charge in [-0.3, -0.25) is 4.98 Å². The maximum absolute atomic E-state index is 13.4. The van der Waals surface area contributed by atoms with Gasteiger partial charge in [0, 0.05) is 56.7 Å². The van der Waals surface area contributed by atoms with Gasteiger partial charge in [-0.1, -0.05) is 12.1 Å². The van der Waals surface area contributed by atoms with Crippen molar-refractivity contribution in [2.24, 2.45) is 0 Å². The van der Waals surface area contributed by atoms with E-state index in [9.17, 15) is 13.5 Å². The Kier molecular flexibility index (Phi) is 6.72. The van der Waals surface area contributed by atoms with Crippen LogP contribution in [0.15, 0.2) is 76.5 Å². The fraction of sp³-hybridized carbons (Fsp3) is 0.310. The number of pyridine rings is 1. The molecule has 1 fully saturated rings. The van der Waals surface area contributed by atoms with E-state index in [1.54, 1.807) is 36.7 Å². The first-order chi connectivity index (χ1) is 18.8. The number of aliphatic hydroxyl groups excluding tert-OH is 1. The summed E-state index contributed by atoms with van der Waals surface area (Å²) in [5, 5.41) is 11.3. The zero-order valence-corrected chi connectivity index (χ0v) is 22.8. The summed E-state index contributed by atoms with van der Waals surface area (Å²) in [6.07, 6.45) is 3.80. The topological polar surface area (TPSA) is 103 Å². The summed E-state index contributed by atoms with van der Waals surface area (Å²) < 4.78 is 33.5. The highest BCUT2D eigenvalue weighted by Crippen LogP contribution is 2.33. The summed E-state index contributed by atoms with van der Waals surface area (Å²) in [5.74, 6) is 0.439. The number of aliphatic hydroxyl groups is 1. The van der Waals surface area contributed by atoms with Gasteiger partial charge in [-0.15, -0.1) is 0 Å². The van der Waals surface area contributed by atoms with Crippen molar-refractivity contribution in [1.29, 1.82) is 0 Å². The summed E-state index contributed by atoms with van der Waals surface area (Å²) in [6.45, 7) is 6.45. The number of hydrogen-bond acceptors (Lipinski definition) is 8. The zero-order valence-electron chi connectivity index (χ0n) is 22.0.